The Morgan fingerprint density at radius 1 is 1.20 bits per heavy atom. The van der Waals surface area contributed by atoms with Crippen LogP contribution in [-0.4, -0.2) is 17.9 Å². The van der Waals surface area contributed by atoms with Gasteiger partial charge < -0.3 is 10.1 Å². The summed E-state index contributed by atoms with van der Waals surface area (Å²) in [6, 6.07) is 12.0. The monoisotopic (exact) mass is 340 g/mol. The molecule has 0 saturated carbocycles. The molecule has 0 fully saturated rings. The summed E-state index contributed by atoms with van der Waals surface area (Å²) in [5.41, 5.74) is 2.42. The summed E-state index contributed by atoms with van der Waals surface area (Å²) < 4.78 is 5.09. The van der Waals surface area contributed by atoms with Gasteiger partial charge in [-0.1, -0.05) is 38.1 Å². The molecule has 1 N–H and O–H groups in total. The van der Waals surface area contributed by atoms with Gasteiger partial charge in [0.15, 0.2) is 0 Å². The Kier molecular flexibility index (Phi) is 5.89. The fraction of sp³-hybridized carbons (Fsp3) is 0.211. The number of methoxy groups -OCH3 is 1. The molecule has 0 spiro atoms. The molecule has 25 heavy (non-hydrogen) atoms. The number of nitrogens with one attached hydrogen (secondary N) is 1. The smallest absolute Gasteiger partial charge is 0.273 e. The Labute approximate surface area is 146 Å². The number of hydrogen-bond acceptors (Lipinski definition) is 4. The molecule has 6 heteroatoms. The van der Waals surface area contributed by atoms with Crippen molar-refractivity contribution < 1.29 is 14.5 Å². The molecule has 2 aromatic carbocycles. The van der Waals surface area contributed by atoms with E-state index < -0.39 is 4.92 Å². The quantitative estimate of drug-likeness (QED) is 0.481. The number of nitro groups is 1. The second kappa shape index (κ2) is 8.10. The van der Waals surface area contributed by atoms with Gasteiger partial charge >= 0.3 is 0 Å². The number of non-ortho nitro benzene ring substituents is 1. The second-order valence-corrected chi connectivity index (χ2v) is 5.79. The Balaban J connectivity index is 2.08. The Bertz CT molecular complexity index is 796. The molecule has 6 nitrogen and oxygen atoms in total. The van der Waals surface area contributed by atoms with E-state index in [0.717, 1.165) is 5.56 Å². The van der Waals surface area contributed by atoms with Crippen LogP contribution in [0.25, 0.3) is 6.08 Å². The van der Waals surface area contributed by atoms with E-state index in [1.165, 1.54) is 36.9 Å². The summed E-state index contributed by atoms with van der Waals surface area (Å²) in [4.78, 5) is 22.3. The lowest BCUT2D eigenvalue weighted by Gasteiger charge is -2.08. The van der Waals surface area contributed by atoms with Gasteiger partial charge in [-0.2, -0.15) is 0 Å². The van der Waals surface area contributed by atoms with Crippen molar-refractivity contribution in [3.05, 3.63) is 69.8 Å². The highest BCUT2D eigenvalue weighted by molar-refractivity contribution is 6.02. The predicted octanol–water partition coefficient (Wildman–Crippen LogP) is 4.38. The number of nitro benzene ring substituents is 1. The van der Waals surface area contributed by atoms with Gasteiger partial charge in [0.25, 0.3) is 5.69 Å². The van der Waals surface area contributed by atoms with Crippen LogP contribution < -0.4 is 10.1 Å². The van der Waals surface area contributed by atoms with Gasteiger partial charge in [-0.3, -0.25) is 14.9 Å². The van der Waals surface area contributed by atoms with Crippen molar-refractivity contribution in [3.63, 3.8) is 0 Å². The second-order valence-electron chi connectivity index (χ2n) is 5.79. The zero-order valence-corrected chi connectivity index (χ0v) is 14.4. The summed E-state index contributed by atoms with van der Waals surface area (Å²) in [7, 11) is 1.39. The third-order valence-electron chi connectivity index (χ3n) is 3.68. The van der Waals surface area contributed by atoms with Gasteiger partial charge in [0.1, 0.15) is 5.75 Å². The Morgan fingerprint density at radius 2 is 1.88 bits per heavy atom. The molecule has 0 unspecified atom stereocenters. The fourth-order valence-corrected chi connectivity index (χ4v) is 2.24. The molecule has 2 rings (SSSR count). The molecular weight excluding hydrogens is 320 g/mol. The van der Waals surface area contributed by atoms with E-state index in [0.29, 0.717) is 11.6 Å². The zero-order chi connectivity index (χ0) is 18.4. The van der Waals surface area contributed by atoms with E-state index in [4.69, 9.17) is 4.74 Å². The SMILES string of the molecule is COc1cc([N+](=O)[O-])ccc1NC(=O)/C=C/c1ccc(C(C)C)cc1. The number of carbonyl (C=O) groups is 1. The first-order valence-electron chi connectivity index (χ1n) is 7.82. The molecule has 0 heterocycles. The maximum absolute atomic E-state index is 12.1. The molecule has 1 amide bonds. The van der Waals surface area contributed by atoms with Crippen molar-refractivity contribution >= 4 is 23.4 Å². The highest BCUT2D eigenvalue weighted by atomic mass is 16.6. The average Bonchev–Trinajstić information content (AvgIpc) is 2.60. The van der Waals surface area contributed by atoms with Crippen molar-refractivity contribution in [3.8, 4) is 5.75 Å². The number of rotatable bonds is 6. The standard InChI is InChI=1S/C19H20N2O4/c1-13(2)15-7-4-14(5-8-15)6-11-19(22)20-17-10-9-16(21(23)24)12-18(17)25-3/h4-13H,1-3H3,(H,20,22)/b11-6+. The molecule has 0 atom stereocenters. The molecule has 2 aromatic rings. The first-order chi connectivity index (χ1) is 11.9. The Hall–Kier alpha value is -3.15. The summed E-state index contributed by atoms with van der Waals surface area (Å²) in [5.74, 6) is 0.341. The van der Waals surface area contributed by atoms with E-state index in [-0.39, 0.29) is 17.3 Å². The number of nitrogens with zero attached hydrogens (tertiary/aromatic N) is 1. The topological polar surface area (TPSA) is 81.5 Å². The average molecular weight is 340 g/mol. The van der Waals surface area contributed by atoms with E-state index in [2.05, 4.69) is 19.2 Å². The van der Waals surface area contributed by atoms with Gasteiger partial charge in [0.05, 0.1) is 23.8 Å². The molecule has 0 aliphatic rings. The zero-order valence-electron chi connectivity index (χ0n) is 14.4. The van der Waals surface area contributed by atoms with Crippen LogP contribution in [0.2, 0.25) is 0 Å². The van der Waals surface area contributed by atoms with Crippen LogP contribution in [0.15, 0.2) is 48.5 Å². The molecule has 0 aromatic heterocycles. The van der Waals surface area contributed by atoms with Crippen molar-refractivity contribution in [1.82, 2.24) is 0 Å². The number of hydrogen-bond donors (Lipinski definition) is 1. The minimum Gasteiger partial charge on any atom is -0.494 e. The lowest BCUT2D eigenvalue weighted by atomic mass is 10.0. The number of amides is 1. The summed E-state index contributed by atoms with van der Waals surface area (Å²) in [6.07, 6.45) is 3.11. The van der Waals surface area contributed by atoms with Crippen LogP contribution in [0.1, 0.15) is 30.9 Å². The van der Waals surface area contributed by atoms with Crippen LogP contribution in [-0.2, 0) is 4.79 Å². The summed E-state index contributed by atoms with van der Waals surface area (Å²) >= 11 is 0. The van der Waals surface area contributed by atoms with Crippen molar-refractivity contribution in [2.75, 3.05) is 12.4 Å². The number of carbonyl (C=O) groups excluding carboxylic acids is 1. The molecule has 130 valence electrons. The van der Waals surface area contributed by atoms with Crippen molar-refractivity contribution in [2.24, 2.45) is 0 Å². The summed E-state index contributed by atoms with van der Waals surface area (Å²) in [6.45, 7) is 4.24. The van der Waals surface area contributed by atoms with E-state index in [1.807, 2.05) is 24.3 Å². The van der Waals surface area contributed by atoms with Gasteiger partial charge in [-0.25, -0.2) is 0 Å². The van der Waals surface area contributed by atoms with Gasteiger partial charge in [0.2, 0.25) is 5.91 Å². The minimum atomic E-state index is -0.519. The van der Waals surface area contributed by atoms with E-state index in [9.17, 15) is 14.9 Å². The molecule has 0 radical (unpaired) electrons. The maximum Gasteiger partial charge on any atom is 0.273 e. The highest BCUT2D eigenvalue weighted by Crippen LogP contribution is 2.29. The molecule has 0 aliphatic heterocycles. The first kappa shape index (κ1) is 18.2. The third-order valence-corrected chi connectivity index (χ3v) is 3.68. The third kappa shape index (κ3) is 4.91. The van der Waals surface area contributed by atoms with Crippen LogP contribution in [0, 0.1) is 10.1 Å². The van der Waals surface area contributed by atoms with Crippen LogP contribution in [0.3, 0.4) is 0 Å². The van der Waals surface area contributed by atoms with Gasteiger partial charge in [0, 0.05) is 12.1 Å². The predicted molar refractivity (Wildman–Crippen MR) is 97.8 cm³/mol. The van der Waals surface area contributed by atoms with Crippen LogP contribution in [0.4, 0.5) is 11.4 Å². The number of benzene rings is 2. The van der Waals surface area contributed by atoms with Crippen LogP contribution in [0.5, 0.6) is 5.75 Å². The van der Waals surface area contributed by atoms with E-state index in [1.54, 1.807) is 6.08 Å². The van der Waals surface area contributed by atoms with Crippen LogP contribution >= 0.6 is 0 Å². The lowest BCUT2D eigenvalue weighted by Crippen LogP contribution is -2.09. The summed E-state index contributed by atoms with van der Waals surface area (Å²) in [5, 5.41) is 13.4. The normalized spacial score (nSPS) is 10.9. The molecule has 0 aliphatic carbocycles. The lowest BCUT2D eigenvalue weighted by molar-refractivity contribution is -0.384. The van der Waals surface area contributed by atoms with Gasteiger partial charge in [-0.15, -0.1) is 0 Å². The maximum atomic E-state index is 12.1. The largest absolute Gasteiger partial charge is 0.494 e. The van der Waals surface area contributed by atoms with Crippen molar-refractivity contribution in [2.45, 2.75) is 19.8 Å². The first-order valence-corrected chi connectivity index (χ1v) is 7.82. The van der Waals surface area contributed by atoms with Crippen molar-refractivity contribution in [1.29, 1.82) is 0 Å². The van der Waals surface area contributed by atoms with Gasteiger partial charge in [-0.05, 0) is 29.2 Å². The molecule has 0 saturated heterocycles. The fourth-order valence-electron chi connectivity index (χ4n) is 2.24. The molecular formula is C19H20N2O4. The number of anilines is 1. The number of ether oxygens (including phenoxy) is 1. The molecule has 0 bridgehead atoms. The minimum absolute atomic E-state index is 0.101. The Morgan fingerprint density at radius 3 is 2.44 bits per heavy atom. The highest BCUT2D eigenvalue weighted by Gasteiger charge is 2.12. The van der Waals surface area contributed by atoms with E-state index >= 15 is 0 Å².